The normalized spacial score (nSPS) is 18.8. The fraction of sp³-hybridized carbons (Fsp3) is 0.500. The number of hydrogen-bond donors (Lipinski definition) is 0. The summed E-state index contributed by atoms with van der Waals surface area (Å²) in [6.07, 6.45) is 3.27. The summed E-state index contributed by atoms with van der Waals surface area (Å²) < 4.78 is 0.629. The van der Waals surface area contributed by atoms with Crippen molar-refractivity contribution in [3.8, 4) is 0 Å². The average Bonchev–Trinajstić information content (AvgIpc) is 3.02. The van der Waals surface area contributed by atoms with Crippen molar-refractivity contribution in [3.63, 3.8) is 0 Å². The molecule has 3 nitrogen and oxygen atoms in total. The number of nitro groups is 1. The van der Waals surface area contributed by atoms with E-state index in [1.807, 2.05) is 6.07 Å². The molecular weight excluding hydrogens is 350 g/mol. The van der Waals surface area contributed by atoms with Crippen molar-refractivity contribution in [2.75, 3.05) is 0 Å². The lowest BCUT2D eigenvalue weighted by Crippen LogP contribution is -2.15. The van der Waals surface area contributed by atoms with Crippen molar-refractivity contribution in [1.82, 2.24) is 0 Å². The molecule has 1 saturated carbocycles. The first-order valence-electron chi connectivity index (χ1n) is 5.52. The third kappa shape index (κ3) is 2.55. The zero-order chi connectivity index (χ0) is 12.6. The van der Waals surface area contributed by atoms with Gasteiger partial charge in [-0.05, 0) is 46.2 Å². The standard InChI is InChI=1S/C12H13Br2NO2/c1-8(13)12(5-6-12)7-9-3-2-4-10(11(9)14)15(16)17/h2-4,8H,5-7H2,1H3. The van der Waals surface area contributed by atoms with Crippen molar-refractivity contribution in [2.45, 2.75) is 31.0 Å². The Morgan fingerprint density at radius 1 is 1.53 bits per heavy atom. The van der Waals surface area contributed by atoms with E-state index >= 15 is 0 Å². The van der Waals surface area contributed by atoms with Crippen molar-refractivity contribution in [1.29, 1.82) is 0 Å². The van der Waals surface area contributed by atoms with Gasteiger partial charge < -0.3 is 0 Å². The Hall–Kier alpha value is -0.420. The lowest BCUT2D eigenvalue weighted by molar-refractivity contribution is -0.385. The number of nitrogens with zero attached hydrogens (tertiary/aromatic N) is 1. The quantitative estimate of drug-likeness (QED) is 0.450. The van der Waals surface area contributed by atoms with E-state index in [0.717, 1.165) is 12.0 Å². The first kappa shape index (κ1) is 13.0. The predicted octanol–water partition coefficient (Wildman–Crippen LogP) is 4.46. The Morgan fingerprint density at radius 2 is 2.18 bits per heavy atom. The summed E-state index contributed by atoms with van der Waals surface area (Å²) in [5.74, 6) is 0. The van der Waals surface area contributed by atoms with Crippen LogP contribution in [0.5, 0.6) is 0 Å². The minimum Gasteiger partial charge on any atom is -0.258 e. The van der Waals surface area contributed by atoms with Gasteiger partial charge in [0.25, 0.3) is 5.69 Å². The van der Waals surface area contributed by atoms with Gasteiger partial charge in [0.15, 0.2) is 0 Å². The number of nitro benzene ring substituents is 1. The molecule has 0 bridgehead atoms. The highest BCUT2D eigenvalue weighted by atomic mass is 79.9. The van der Waals surface area contributed by atoms with Gasteiger partial charge in [0.05, 0.1) is 9.40 Å². The second-order valence-electron chi connectivity index (χ2n) is 4.66. The lowest BCUT2D eigenvalue weighted by atomic mass is 9.93. The van der Waals surface area contributed by atoms with Gasteiger partial charge in [-0.3, -0.25) is 10.1 Å². The average molecular weight is 363 g/mol. The predicted molar refractivity (Wildman–Crippen MR) is 74.6 cm³/mol. The van der Waals surface area contributed by atoms with Gasteiger partial charge in [0, 0.05) is 10.9 Å². The summed E-state index contributed by atoms with van der Waals surface area (Å²) in [6.45, 7) is 2.15. The van der Waals surface area contributed by atoms with Crippen LogP contribution in [0.15, 0.2) is 22.7 Å². The fourth-order valence-electron chi connectivity index (χ4n) is 2.10. The molecule has 1 aliphatic rings. The van der Waals surface area contributed by atoms with Crippen LogP contribution < -0.4 is 0 Å². The lowest BCUT2D eigenvalue weighted by Gasteiger charge is -2.18. The van der Waals surface area contributed by atoms with E-state index in [4.69, 9.17) is 0 Å². The zero-order valence-corrected chi connectivity index (χ0v) is 12.6. The van der Waals surface area contributed by atoms with Gasteiger partial charge in [-0.1, -0.05) is 35.0 Å². The highest BCUT2D eigenvalue weighted by Gasteiger charge is 2.46. The number of alkyl halides is 1. The van der Waals surface area contributed by atoms with Crippen molar-refractivity contribution < 1.29 is 4.92 Å². The molecule has 0 aromatic heterocycles. The monoisotopic (exact) mass is 361 g/mol. The molecule has 2 rings (SSSR count). The summed E-state index contributed by atoms with van der Waals surface area (Å²) in [5.41, 5.74) is 1.47. The molecule has 1 aromatic carbocycles. The largest absolute Gasteiger partial charge is 0.283 e. The maximum absolute atomic E-state index is 10.9. The number of hydrogen-bond acceptors (Lipinski definition) is 2. The molecule has 1 aliphatic carbocycles. The molecule has 1 atom stereocenters. The molecule has 5 heteroatoms. The van der Waals surface area contributed by atoms with E-state index in [9.17, 15) is 10.1 Å². The Bertz CT molecular complexity index is 456. The SMILES string of the molecule is CC(Br)C1(Cc2cccc([N+](=O)[O-])c2Br)CC1. The summed E-state index contributed by atoms with van der Waals surface area (Å²) in [5, 5.41) is 10.9. The van der Waals surface area contributed by atoms with Crippen LogP contribution >= 0.6 is 31.9 Å². The van der Waals surface area contributed by atoms with Gasteiger partial charge >= 0.3 is 0 Å². The summed E-state index contributed by atoms with van der Waals surface area (Å²) in [7, 11) is 0. The molecule has 1 aromatic rings. The first-order chi connectivity index (χ1) is 7.96. The van der Waals surface area contributed by atoms with Crippen LogP contribution in [0.3, 0.4) is 0 Å². The Labute approximate surface area is 117 Å². The molecular formula is C12H13Br2NO2. The van der Waals surface area contributed by atoms with E-state index in [1.165, 1.54) is 18.9 Å². The fourth-order valence-corrected chi connectivity index (χ4v) is 3.27. The maximum Gasteiger partial charge on any atom is 0.283 e. The molecule has 17 heavy (non-hydrogen) atoms. The van der Waals surface area contributed by atoms with Gasteiger partial charge in [-0.15, -0.1) is 0 Å². The number of benzene rings is 1. The zero-order valence-electron chi connectivity index (χ0n) is 9.45. The van der Waals surface area contributed by atoms with Crippen molar-refractivity contribution in [2.24, 2.45) is 5.41 Å². The van der Waals surface area contributed by atoms with Crippen molar-refractivity contribution in [3.05, 3.63) is 38.3 Å². The third-order valence-corrected chi connectivity index (χ3v) is 5.42. The Kier molecular flexibility index (Phi) is 3.59. The second kappa shape index (κ2) is 4.69. The minimum atomic E-state index is -0.343. The number of rotatable bonds is 4. The number of halogens is 2. The minimum absolute atomic E-state index is 0.153. The summed E-state index contributed by atoms with van der Waals surface area (Å²) in [4.78, 5) is 11.0. The molecule has 92 valence electrons. The van der Waals surface area contributed by atoms with E-state index < -0.39 is 0 Å². The third-order valence-electron chi connectivity index (χ3n) is 3.53. The Morgan fingerprint density at radius 3 is 2.65 bits per heavy atom. The molecule has 0 aliphatic heterocycles. The second-order valence-corrected chi connectivity index (χ2v) is 6.83. The van der Waals surface area contributed by atoms with Crippen LogP contribution in [-0.4, -0.2) is 9.75 Å². The highest BCUT2D eigenvalue weighted by molar-refractivity contribution is 9.10. The molecule has 1 fully saturated rings. The molecule has 0 saturated heterocycles. The molecule has 0 N–H and O–H groups in total. The molecule has 0 radical (unpaired) electrons. The van der Waals surface area contributed by atoms with Gasteiger partial charge in [0.2, 0.25) is 0 Å². The van der Waals surface area contributed by atoms with Crippen molar-refractivity contribution >= 4 is 37.5 Å². The topological polar surface area (TPSA) is 43.1 Å². The van der Waals surface area contributed by atoms with Crippen LogP contribution in [0.4, 0.5) is 5.69 Å². The van der Waals surface area contributed by atoms with E-state index in [1.54, 1.807) is 6.07 Å². The molecule has 0 spiro atoms. The van der Waals surface area contributed by atoms with Gasteiger partial charge in [0.1, 0.15) is 0 Å². The maximum atomic E-state index is 10.9. The Balaban J connectivity index is 2.28. The van der Waals surface area contributed by atoms with Crippen LogP contribution in [0.1, 0.15) is 25.3 Å². The molecule has 1 unspecified atom stereocenters. The van der Waals surface area contributed by atoms with Gasteiger partial charge in [-0.2, -0.15) is 0 Å². The van der Waals surface area contributed by atoms with E-state index in [2.05, 4.69) is 38.8 Å². The summed E-state index contributed by atoms with van der Waals surface area (Å²) >= 11 is 6.99. The van der Waals surface area contributed by atoms with E-state index in [-0.39, 0.29) is 16.0 Å². The molecule has 0 amide bonds. The van der Waals surface area contributed by atoms with Crippen LogP contribution in [-0.2, 0) is 6.42 Å². The summed E-state index contributed by atoms with van der Waals surface area (Å²) in [6, 6.07) is 5.25. The van der Waals surface area contributed by atoms with E-state index in [0.29, 0.717) is 9.30 Å². The highest BCUT2D eigenvalue weighted by Crippen LogP contribution is 2.54. The van der Waals surface area contributed by atoms with Crippen LogP contribution in [0.25, 0.3) is 0 Å². The van der Waals surface area contributed by atoms with Gasteiger partial charge in [-0.25, -0.2) is 0 Å². The first-order valence-corrected chi connectivity index (χ1v) is 7.23. The van der Waals surface area contributed by atoms with Crippen LogP contribution in [0.2, 0.25) is 0 Å². The smallest absolute Gasteiger partial charge is 0.258 e. The molecule has 0 heterocycles. The van der Waals surface area contributed by atoms with Crippen LogP contribution in [0, 0.1) is 15.5 Å².